The van der Waals surface area contributed by atoms with Crippen molar-refractivity contribution in [3.8, 4) is 0 Å². The van der Waals surface area contributed by atoms with Crippen molar-refractivity contribution in [3.05, 3.63) is 12.7 Å². The summed E-state index contributed by atoms with van der Waals surface area (Å²) >= 11 is 1.60. The van der Waals surface area contributed by atoms with Crippen molar-refractivity contribution in [1.29, 1.82) is 5.41 Å². The van der Waals surface area contributed by atoms with Crippen LogP contribution in [0.1, 0.15) is 12.6 Å². The number of thioether (sulfide) groups is 1. The highest BCUT2D eigenvalue weighted by atomic mass is 32.2. The second kappa shape index (κ2) is 8.03. The highest BCUT2D eigenvalue weighted by Gasteiger charge is 2.44. The van der Waals surface area contributed by atoms with Crippen LogP contribution in [0.2, 0.25) is 0 Å². The van der Waals surface area contributed by atoms with Crippen LogP contribution in [0.15, 0.2) is 12.7 Å². The van der Waals surface area contributed by atoms with Gasteiger partial charge < -0.3 is 31.7 Å². The van der Waals surface area contributed by atoms with Crippen LogP contribution in [-0.4, -0.2) is 72.1 Å². The molecule has 1 saturated heterocycles. The number of nitrogens with two attached hydrogens (primary N) is 2. The number of aliphatic hydroxyl groups is 2. The minimum atomic E-state index is -1.10. The molecule has 0 bridgehead atoms. The fraction of sp³-hybridized carbons (Fsp3) is 0.571. The number of fused-ring (bicyclic) bond motifs is 1. The third kappa shape index (κ3) is 3.82. The molecular weight excluding hydrogens is 360 g/mol. The molecule has 3 heterocycles. The SMILES string of the molecule is N=C(N)NCCCSC[C@H]1O[C@@H](n2cnc3c(N)ncnc32)[C@H](O)[C@H]1O. The van der Waals surface area contributed by atoms with Gasteiger partial charge in [0.1, 0.15) is 24.1 Å². The Hall–Kier alpha value is -2.15. The highest BCUT2D eigenvalue weighted by molar-refractivity contribution is 7.99. The Morgan fingerprint density at radius 1 is 1.35 bits per heavy atom. The first-order chi connectivity index (χ1) is 12.5. The van der Waals surface area contributed by atoms with E-state index in [1.807, 2.05) is 0 Å². The Bertz CT molecular complexity index is 772. The van der Waals surface area contributed by atoms with E-state index < -0.39 is 24.5 Å². The van der Waals surface area contributed by atoms with E-state index in [1.165, 1.54) is 12.7 Å². The summed E-state index contributed by atoms with van der Waals surface area (Å²) in [7, 11) is 0. The molecule has 1 fully saturated rings. The van der Waals surface area contributed by atoms with E-state index in [4.69, 9.17) is 21.6 Å². The molecule has 2 aromatic heterocycles. The molecule has 0 unspecified atom stereocenters. The Morgan fingerprint density at radius 3 is 2.92 bits per heavy atom. The molecule has 3 rings (SSSR count). The van der Waals surface area contributed by atoms with Gasteiger partial charge in [-0.3, -0.25) is 9.98 Å². The summed E-state index contributed by atoms with van der Waals surface area (Å²) in [6.45, 7) is 0.615. The number of nitrogen functional groups attached to an aromatic ring is 1. The molecule has 1 aliphatic heterocycles. The zero-order chi connectivity index (χ0) is 18.7. The molecule has 0 amide bonds. The quantitative estimate of drug-likeness (QED) is 0.190. The van der Waals surface area contributed by atoms with Crippen LogP contribution in [-0.2, 0) is 4.74 Å². The van der Waals surface area contributed by atoms with E-state index in [2.05, 4.69) is 20.3 Å². The largest absolute Gasteiger partial charge is 0.387 e. The summed E-state index contributed by atoms with van der Waals surface area (Å²) < 4.78 is 7.41. The first kappa shape index (κ1) is 18.6. The van der Waals surface area contributed by atoms with E-state index in [0.717, 1.165) is 12.2 Å². The van der Waals surface area contributed by atoms with Crippen LogP contribution < -0.4 is 16.8 Å². The lowest BCUT2D eigenvalue weighted by molar-refractivity contribution is -0.0289. The summed E-state index contributed by atoms with van der Waals surface area (Å²) in [5.74, 6) is 1.53. The average molecular weight is 382 g/mol. The highest BCUT2D eigenvalue weighted by Crippen LogP contribution is 2.33. The van der Waals surface area contributed by atoms with Crippen LogP contribution >= 0.6 is 11.8 Å². The number of imidazole rings is 1. The number of guanidine groups is 1. The second-order valence-corrected chi connectivity index (χ2v) is 7.05. The third-order valence-corrected chi connectivity index (χ3v) is 5.20. The topological polar surface area (TPSA) is 181 Å². The van der Waals surface area contributed by atoms with Crippen molar-refractivity contribution in [1.82, 2.24) is 24.8 Å². The normalized spacial score (nSPS) is 25.6. The summed E-state index contributed by atoms with van der Waals surface area (Å²) in [4.78, 5) is 12.2. The number of ether oxygens (including phenoxy) is 1. The van der Waals surface area contributed by atoms with Gasteiger partial charge in [0.05, 0.1) is 12.4 Å². The standard InChI is InChI=1S/C14H22N8O3S/c15-11-8-12(20-5-19-11)22(6-21-8)13-10(24)9(23)7(25-13)4-26-3-1-2-18-14(16)17/h5-7,9-10,13,23-24H,1-4H2,(H2,15,19,20)(H4,16,17,18)/t7-,9+,10-,13-/m1/s1. The van der Waals surface area contributed by atoms with Gasteiger partial charge in [0.15, 0.2) is 23.7 Å². The van der Waals surface area contributed by atoms with Gasteiger partial charge in [0, 0.05) is 12.3 Å². The molecule has 0 spiro atoms. The lowest BCUT2D eigenvalue weighted by Crippen LogP contribution is -2.33. The van der Waals surface area contributed by atoms with E-state index in [1.54, 1.807) is 16.3 Å². The van der Waals surface area contributed by atoms with Gasteiger partial charge in [-0.1, -0.05) is 0 Å². The number of anilines is 1. The Morgan fingerprint density at radius 2 is 2.15 bits per heavy atom. The third-order valence-electron chi connectivity index (χ3n) is 4.06. The van der Waals surface area contributed by atoms with Crippen molar-refractivity contribution in [2.45, 2.75) is 31.0 Å². The first-order valence-electron chi connectivity index (χ1n) is 8.09. The molecule has 26 heavy (non-hydrogen) atoms. The van der Waals surface area contributed by atoms with Gasteiger partial charge >= 0.3 is 0 Å². The summed E-state index contributed by atoms with van der Waals surface area (Å²) in [5.41, 5.74) is 11.9. The monoisotopic (exact) mass is 382 g/mol. The van der Waals surface area contributed by atoms with Crippen molar-refractivity contribution >= 4 is 34.7 Å². The number of aromatic nitrogens is 4. The van der Waals surface area contributed by atoms with E-state index in [-0.39, 0.29) is 11.8 Å². The molecular formula is C14H22N8O3S. The second-order valence-electron chi connectivity index (χ2n) is 5.90. The Balaban J connectivity index is 1.59. The lowest BCUT2D eigenvalue weighted by Gasteiger charge is -2.16. The Kier molecular flexibility index (Phi) is 5.76. The zero-order valence-electron chi connectivity index (χ0n) is 13.9. The van der Waals surface area contributed by atoms with Gasteiger partial charge in [0.2, 0.25) is 0 Å². The van der Waals surface area contributed by atoms with E-state index in [0.29, 0.717) is 23.5 Å². The van der Waals surface area contributed by atoms with Crippen molar-refractivity contribution in [3.63, 3.8) is 0 Å². The number of hydrogen-bond acceptors (Lipinski definition) is 9. The van der Waals surface area contributed by atoms with Crippen LogP contribution in [0.25, 0.3) is 11.2 Å². The molecule has 12 heteroatoms. The Labute approximate surface area is 153 Å². The molecule has 1 aliphatic rings. The van der Waals surface area contributed by atoms with Crippen LogP contribution in [0, 0.1) is 5.41 Å². The van der Waals surface area contributed by atoms with Crippen molar-refractivity contribution < 1.29 is 14.9 Å². The van der Waals surface area contributed by atoms with Crippen LogP contribution in [0.5, 0.6) is 0 Å². The number of rotatable bonds is 7. The molecule has 11 nitrogen and oxygen atoms in total. The maximum absolute atomic E-state index is 10.4. The maximum atomic E-state index is 10.4. The predicted molar refractivity (Wildman–Crippen MR) is 97.5 cm³/mol. The van der Waals surface area contributed by atoms with Gasteiger partial charge in [-0.2, -0.15) is 11.8 Å². The minimum absolute atomic E-state index is 0.0486. The number of nitrogens with one attached hydrogen (secondary N) is 2. The zero-order valence-corrected chi connectivity index (χ0v) is 14.8. The summed E-state index contributed by atoms with van der Waals surface area (Å²) in [5, 5.41) is 30.5. The molecule has 142 valence electrons. The summed E-state index contributed by atoms with van der Waals surface area (Å²) in [6.07, 6.45) is 0.177. The number of aliphatic hydroxyl groups excluding tert-OH is 2. The van der Waals surface area contributed by atoms with Gasteiger partial charge in [-0.15, -0.1) is 0 Å². The van der Waals surface area contributed by atoms with Crippen molar-refractivity contribution in [2.24, 2.45) is 5.73 Å². The molecule has 0 aromatic carbocycles. The van der Waals surface area contributed by atoms with Gasteiger partial charge in [-0.05, 0) is 12.2 Å². The van der Waals surface area contributed by atoms with Crippen molar-refractivity contribution in [2.75, 3.05) is 23.8 Å². The van der Waals surface area contributed by atoms with Crippen LogP contribution in [0.4, 0.5) is 5.82 Å². The molecule has 2 aromatic rings. The fourth-order valence-corrected chi connectivity index (χ4v) is 3.77. The molecule has 8 N–H and O–H groups in total. The predicted octanol–water partition coefficient (Wildman–Crippen LogP) is -1.37. The van der Waals surface area contributed by atoms with E-state index >= 15 is 0 Å². The van der Waals surface area contributed by atoms with Gasteiger partial charge in [0.25, 0.3) is 0 Å². The fourth-order valence-electron chi connectivity index (χ4n) is 2.75. The lowest BCUT2D eigenvalue weighted by atomic mass is 10.1. The molecule has 0 radical (unpaired) electrons. The molecule has 4 atom stereocenters. The summed E-state index contributed by atoms with van der Waals surface area (Å²) in [6, 6.07) is 0. The van der Waals surface area contributed by atoms with E-state index in [9.17, 15) is 10.2 Å². The smallest absolute Gasteiger partial charge is 0.185 e. The minimum Gasteiger partial charge on any atom is -0.387 e. The number of nitrogens with zero attached hydrogens (tertiary/aromatic N) is 4. The average Bonchev–Trinajstić information content (AvgIpc) is 3.15. The first-order valence-corrected chi connectivity index (χ1v) is 9.24. The van der Waals surface area contributed by atoms with Crippen LogP contribution in [0.3, 0.4) is 0 Å². The molecule has 0 aliphatic carbocycles. The number of hydrogen-bond donors (Lipinski definition) is 6. The maximum Gasteiger partial charge on any atom is 0.185 e. The molecule has 0 saturated carbocycles. The van der Waals surface area contributed by atoms with Gasteiger partial charge in [-0.25, -0.2) is 15.0 Å².